The smallest absolute Gasteiger partial charge is 0.326 e. The Hall–Kier alpha value is -1.89. The molecule has 0 aliphatic carbocycles. The summed E-state index contributed by atoms with van der Waals surface area (Å²) >= 11 is 0. The molecule has 3 rings (SSSR count). The quantitative estimate of drug-likeness (QED) is 0.858. The standard InChI is InChI=1S/C19H30N4O3/c1-13(24)23-12-19(10-15(23)17(25)26)5-7-22(8-6-19)11-14-9-16(21-20-14)18(2,3)4/h9,15H,5-8,10-12H2,1-4H3,(H,20,21)(H,25,26)/t15-/m1/s1. The number of hydrogen-bond donors (Lipinski definition) is 2. The molecule has 7 heteroatoms. The van der Waals surface area contributed by atoms with E-state index in [0.29, 0.717) is 13.0 Å². The number of aliphatic carboxylic acids is 1. The highest BCUT2D eigenvalue weighted by molar-refractivity contribution is 5.83. The van der Waals surface area contributed by atoms with Gasteiger partial charge in [-0.1, -0.05) is 20.8 Å². The van der Waals surface area contributed by atoms with Gasteiger partial charge in [0.2, 0.25) is 5.91 Å². The number of carbonyl (C=O) groups excluding carboxylic acids is 1. The van der Waals surface area contributed by atoms with Gasteiger partial charge in [-0.2, -0.15) is 5.10 Å². The van der Waals surface area contributed by atoms with Crippen molar-refractivity contribution >= 4 is 11.9 Å². The number of carboxylic acid groups (broad SMARTS) is 1. The summed E-state index contributed by atoms with van der Waals surface area (Å²) < 4.78 is 0. The number of aromatic amines is 1. The number of nitrogens with zero attached hydrogens (tertiary/aromatic N) is 3. The molecule has 3 heterocycles. The van der Waals surface area contributed by atoms with E-state index in [4.69, 9.17) is 0 Å². The van der Waals surface area contributed by atoms with Gasteiger partial charge in [-0.15, -0.1) is 0 Å². The summed E-state index contributed by atoms with van der Waals surface area (Å²) in [5.74, 6) is -1.02. The molecule has 1 amide bonds. The fraction of sp³-hybridized carbons (Fsp3) is 0.737. The van der Waals surface area contributed by atoms with Crippen molar-refractivity contribution in [2.45, 2.75) is 65.0 Å². The average molecular weight is 362 g/mol. The third-order valence-electron chi connectivity index (χ3n) is 5.91. The first kappa shape index (κ1) is 18.9. The lowest BCUT2D eigenvalue weighted by atomic mass is 9.76. The van der Waals surface area contributed by atoms with E-state index in [2.05, 4.69) is 41.9 Å². The van der Waals surface area contributed by atoms with Crippen LogP contribution in [0.5, 0.6) is 0 Å². The Balaban J connectivity index is 1.60. The Morgan fingerprint density at radius 1 is 1.35 bits per heavy atom. The van der Waals surface area contributed by atoms with Gasteiger partial charge in [-0.3, -0.25) is 14.8 Å². The number of rotatable bonds is 3. The Kier molecular flexibility index (Phi) is 4.86. The molecule has 1 atom stereocenters. The molecule has 0 unspecified atom stereocenters. The van der Waals surface area contributed by atoms with E-state index in [0.717, 1.165) is 43.9 Å². The van der Waals surface area contributed by atoms with Crippen LogP contribution in [0.15, 0.2) is 6.07 Å². The molecule has 2 saturated heterocycles. The first-order valence-electron chi connectivity index (χ1n) is 9.37. The summed E-state index contributed by atoms with van der Waals surface area (Å²) in [6.45, 7) is 11.2. The molecule has 1 aromatic heterocycles. The van der Waals surface area contributed by atoms with Crippen molar-refractivity contribution in [3.8, 4) is 0 Å². The maximum Gasteiger partial charge on any atom is 0.326 e. The second-order valence-electron chi connectivity index (χ2n) is 9.01. The van der Waals surface area contributed by atoms with Gasteiger partial charge in [0.15, 0.2) is 0 Å². The van der Waals surface area contributed by atoms with E-state index >= 15 is 0 Å². The van der Waals surface area contributed by atoms with Crippen LogP contribution in [0, 0.1) is 5.41 Å². The van der Waals surface area contributed by atoms with E-state index in [1.807, 2.05) is 0 Å². The van der Waals surface area contributed by atoms with Crippen molar-refractivity contribution < 1.29 is 14.7 Å². The molecule has 26 heavy (non-hydrogen) atoms. The maximum atomic E-state index is 11.8. The highest BCUT2D eigenvalue weighted by Crippen LogP contribution is 2.43. The van der Waals surface area contributed by atoms with Gasteiger partial charge in [0.25, 0.3) is 0 Å². The SMILES string of the molecule is CC(=O)N1CC2(CCN(Cc3cc(C(C)(C)C)n[nH]3)CC2)C[C@@H]1C(=O)O. The predicted molar refractivity (Wildman–Crippen MR) is 97.7 cm³/mol. The molecule has 2 fully saturated rings. The lowest BCUT2D eigenvalue weighted by Gasteiger charge is -2.39. The van der Waals surface area contributed by atoms with Crippen molar-refractivity contribution in [1.29, 1.82) is 0 Å². The zero-order chi connectivity index (χ0) is 19.1. The second-order valence-corrected chi connectivity index (χ2v) is 9.01. The van der Waals surface area contributed by atoms with Gasteiger partial charge in [0.1, 0.15) is 6.04 Å². The zero-order valence-corrected chi connectivity index (χ0v) is 16.2. The topological polar surface area (TPSA) is 89.5 Å². The average Bonchev–Trinajstić information content (AvgIpc) is 3.15. The summed E-state index contributed by atoms with van der Waals surface area (Å²) in [7, 11) is 0. The molecule has 1 aromatic rings. The van der Waals surface area contributed by atoms with Crippen LogP contribution in [0.2, 0.25) is 0 Å². The summed E-state index contributed by atoms with van der Waals surface area (Å²) in [4.78, 5) is 27.3. The first-order valence-corrected chi connectivity index (χ1v) is 9.37. The van der Waals surface area contributed by atoms with Crippen LogP contribution < -0.4 is 0 Å². The molecule has 2 N–H and O–H groups in total. The third kappa shape index (κ3) is 3.77. The second kappa shape index (κ2) is 6.68. The monoisotopic (exact) mass is 362 g/mol. The van der Waals surface area contributed by atoms with Crippen molar-refractivity contribution in [3.63, 3.8) is 0 Å². The van der Waals surface area contributed by atoms with E-state index in [1.165, 1.54) is 6.92 Å². The molecular weight excluding hydrogens is 332 g/mol. The Bertz CT molecular complexity index is 659. The minimum atomic E-state index is -0.883. The fourth-order valence-corrected chi connectivity index (χ4v) is 4.22. The lowest BCUT2D eigenvalue weighted by Crippen LogP contribution is -2.42. The number of carbonyl (C=O) groups is 2. The number of likely N-dealkylation sites (tertiary alicyclic amines) is 2. The van der Waals surface area contributed by atoms with Crippen molar-refractivity contribution in [2.75, 3.05) is 19.6 Å². The number of aromatic nitrogens is 2. The number of amides is 1. The summed E-state index contributed by atoms with van der Waals surface area (Å²) in [5, 5.41) is 17.0. The van der Waals surface area contributed by atoms with Crippen molar-refractivity contribution in [3.05, 3.63) is 17.5 Å². The molecule has 0 saturated carbocycles. The lowest BCUT2D eigenvalue weighted by molar-refractivity contribution is -0.147. The third-order valence-corrected chi connectivity index (χ3v) is 5.91. The predicted octanol–water partition coefficient (Wildman–Crippen LogP) is 1.99. The maximum absolute atomic E-state index is 11.8. The number of H-pyrrole nitrogens is 1. The Labute approximate surface area is 154 Å². The normalized spacial score (nSPS) is 23.5. The molecule has 0 aromatic carbocycles. The number of carboxylic acids is 1. The van der Waals surface area contributed by atoms with E-state index in [1.54, 1.807) is 4.90 Å². The van der Waals surface area contributed by atoms with Gasteiger partial charge in [0, 0.05) is 31.1 Å². The van der Waals surface area contributed by atoms with E-state index in [9.17, 15) is 14.7 Å². The van der Waals surface area contributed by atoms with Crippen LogP contribution in [-0.4, -0.2) is 62.7 Å². The summed E-state index contributed by atoms with van der Waals surface area (Å²) in [6, 6.07) is 1.47. The van der Waals surface area contributed by atoms with Gasteiger partial charge >= 0.3 is 5.97 Å². The Morgan fingerprint density at radius 2 is 2.00 bits per heavy atom. The van der Waals surface area contributed by atoms with Gasteiger partial charge in [-0.05, 0) is 43.8 Å². The zero-order valence-electron chi connectivity index (χ0n) is 16.2. The highest BCUT2D eigenvalue weighted by atomic mass is 16.4. The van der Waals surface area contributed by atoms with Gasteiger partial charge in [-0.25, -0.2) is 4.79 Å². The molecule has 0 radical (unpaired) electrons. The van der Waals surface area contributed by atoms with Gasteiger partial charge in [0.05, 0.1) is 5.69 Å². The molecule has 0 bridgehead atoms. The minimum Gasteiger partial charge on any atom is -0.480 e. The molecule has 144 valence electrons. The molecular formula is C19H30N4O3. The van der Waals surface area contributed by atoms with Gasteiger partial charge < -0.3 is 10.0 Å². The minimum absolute atomic E-state index is 0.0343. The van der Waals surface area contributed by atoms with E-state index < -0.39 is 12.0 Å². The number of hydrogen-bond acceptors (Lipinski definition) is 4. The van der Waals surface area contributed by atoms with Crippen LogP contribution >= 0.6 is 0 Å². The summed E-state index contributed by atoms with van der Waals surface area (Å²) in [5.41, 5.74) is 2.17. The van der Waals surface area contributed by atoms with Crippen LogP contribution in [-0.2, 0) is 21.5 Å². The number of nitrogens with one attached hydrogen (secondary N) is 1. The van der Waals surface area contributed by atoms with Crippen LogP contribution in [0.3, 0.4) is 0 Å². The Morgan fingerprint density at radius 3 is 2.46 bits per heavy atom. The van der Waals surface area contributed by atoms with Crippen LogP contribution in [0.1, 0.15) is 58.3 Å². The van der Waals surface area contributed by atoms with Crippen LogP contribution in [0.25, 0.3) is 0 Å². The first-order chi connectivity index (χ1) is 12.1. The van der Waals surface area contributed by atoms with Crippen molar-refractivity contribution in [1.82, 2.24) is 20.0 Å². The molecule has 2 aliphatic rings. The molecule has 7 nitrogen and oxygen atoms in total. The van der Waals surface area contributed by atoms with Crippen LogP contribution in [0.4, 0.5) is 0 Å². The molecule has 1 spiro atoms. The van der Waals surface area contributed by atoms with Crippen molar-refractivity contribution in [2.24, 2.45) is 5.41 Å². The molecule has 2 aliphatic heterocycles. The van der Waals surface area contributed by atoms with E-state index in [-0.39, 0.29) is 16.7 Å². The number of piperidine rings is 1. The summed E-state index contributed by atoms with van der Waals surface area (Å²) in [6.07, 6.45) is 2.44. The highest BCUT2D eigenvalue weighted by Gasteiger charge is 2.49. The fourth-order valence-electron chi connectivity index (χ4n) is 4.22. The largest absolute Gasteiger partial charge is 0.480 e.